The van der Waals surface area contributed by atoms with Gasteiger partial charge >= 0.3 is 5.97 Å². The van der Waals surface area contributed by atoms with Crippen molar-refractivity contribution in [2.75, 3.05) is 13.1 Å². The van der Waals surface area contributed by atoms with Gasteiger partial charge in [-0.2, -0.15) is 0 Å². The van der Waals surface area contributed by atoms with Gasteiger partial charge < -0.3 is 10.1 Å². The Morgan fingerprint density at radius 3 is 3.06 bits per heavy atom. The van der Waals surface area contributed by atoms with E-state index in [1.165, 1.54) is 12.3 Å². The molecule has 4 nitrogen and oxygen atoms in total. The van der Waals surface area contributed by atoms with Gasteiger partial charge in [0.2, 0.25) is 0 Å². The lowest BCUT2D eigenvalue weighted by Gasteiger charge is -2.09. The monoisotopic (exact) mass is 262 g/mol. The molecule has 1 atom stereocenters. The molecule has 0 saturated carbocycles. The molecule has 1 N–H and O–H groups in total. The third-order valence-electron chi connectivity index (χ3n) is 2.22. The third-order valence-corrected chi connectivity index (χ3v) is 2.46. The number of hydrogen-bond acceptors (Lipinski definition) is 4. The van der Waals surface area contributed by atoms with E-state index >= 15 is 0 Å². The highest BCUT2D eigenvalue weighted by atomic mass is 35.5. The standard InChI is InChI=1S/C10H11ClN2O2.ClH/c11-7-1-4-13-9(5-7)10(14)15-8-2-3-12-6-8;/h1,4-5,8,12H,2-3,6H2;1H. The predicted molar refractivity (Wildman–Crippen MR) is 63.2 cm³/mol. The Kier molecular flexibility index (Phi) is 4.99. The largest absolute Gasteiger partial charge is 0.456 e. The van der Waals surface area contributed by atoms with Gasteiger partial charge in [-0.15, -0.1) is 12.4 Å². The zero-order valence-electron chi connectivity index (χ0n) is 8.48. The fourth-order valence-electron chi connectivity index (χ4n) is 1.46. The molecule has 2 heterocycles. The highest BCUT2D eigenvalue weighted by Gasteiger charge is 2.20. The highest BCUT2D eigenvalue weighted by Crippen LogP contribution is 2.11. The van der Waals surface area contributed by atoms with Crippen LogP contribution in [-0.2, 0) is 4.74 Å². The van der Waals surface area contributed by atoms with Crippen LogP contribution in [0.4, 0.5) is 0 Å². The van der Waals surface area contributed by atoms with Crippen LogP contribution in [0.2, 0.25) is 5.02 Å². The van der Waals surface area contributed by atoms with E-state index in [0.29, 0.717) is 11.6 Å². The van der Waals surface area contributed by atoms with Crippen LogP contribution in [0.15, 0.2) is 18.3 Å². The maximum absolute atomic E-state index is 11.6. The van der Waals surface area contributed by atoms with E-state index in [2.05, 4.69) is 10.3 Å². The first-order chi connectivity index (χ1) is 7.25. The number of halogens is 2. The molecule has 1 aliphatic heterocycles. The van der Waals surface area contributed by atoms with Gasteiger partial charge in [0.05, 0.1) is 0 Å². The Morgan fingerprint density at radius 1 is 1.62 bits per heavy atom. The van der Waals surface area contributed by atoms with Gasteiger partial charge in [-0.25, -0.2) is 9.78 Å². The molecule has 0 spiro atoms. The number of rotatable bonds is 2. The molecule has 0 aromatic carbocycles. The summed E-state index contributed by atoms with van der Waals surface area (Å²) in [6.45, 7) is 1.60. The summed E-state index contributed by atoms with van der Waals surface area (Å²) in [5.74, 6) is -0.411. The molecule has 1 unspecified atom stereocenters. The van der Waals surface area contributed by atoms with Crippen LogP contribution < -0.4 is 5.32 Å². The van der Waals surface area contributed by atoms with Crippen molar-refractivity contribution in [1.82, 2.24) is 10.3 Å². The molecule has 88 valence electrons. The normalized spacial score (nSPS) is 18.9. The average Bonchev–Trinajstić information content (AvgIpc) is 2.70. The van der Waals surface area contributed by atoms with Crippen LogP contribution in [0.1, 0.15) is 16.9 Å². The van der Waals surface area contributed by atoms with Crippen molar-refractivity contribution in [1.29, 1.82) is 0 Å². The number of carbonyl (C=O) groups excluding carboxylic acids is 1. The van der Waals surface area contributed by atoms with E-state index in [1.54, 1.807) is 6.07 Å². The van der Waals surface area contributed by atoms with Crippen molar-refractivity contribution >= 4 is 30.0 Å². The summed E-state index contributed by atoms with van der Waals surface area (Å²) in [5.41, 5.74) is 0.259. The Labute approximate surface area is 105 Å². The minimum Gasteiger partial charge on any atom is -0.456 e. The lowest BCUT2D eigenvalue weighted by atomic mass is 10.3. The molecule has 16 heavy (non-hydrogen) atoms. The van der Waals surface area contributed by atoms with Crippen molar-refractivity contribution in [3.05, 3.63) is 29.0 Å². The molecule has 0 aliphatic carbocycles. The maximum Gasteiger partial charge on any atom is 0.357 e. The number of aromatic nitrogens is 1. The van der Waals surface area contributed by atoms with Crippen molar-refractivity contribution in [2.45, 2.75) is 12.5 Å². The Morgan fingerprint density at radius 2 is 2.44 bits per heavy atom. The van der Waals surface area contributed by atoms with Crippen LogP contribution in [0.5, 0.6) is 0 Å². The van der Waals surface area contributed by atoms with E-state index in [-0.39, 0.29) is 24.2 Å². The third kappa shape index (κ3) is 3.33. The second-order valence-electron chi connectivity index (χ2n) is 3.38. The minimum atomic E-state index is -0.411. The molecule has 0 radical (unpaired) electrons. The first kappa shape index (κ1) is 13.2. The zero-order chi connectivity index (χ0) is 10.7. The summed E-state index contributed by atoms with van der Waals surface area (Å²) in [6, 6.07) is 3.13. The first-order valence-corrected chi connectivity index (χ1v) is 5.17. The quantitative estimate of drug-likeness (QED) is 0.825. The molecule has 1 aromatic heterocycles. The number of hydrogen-bond donors (Lipinski definition) is 1. The van der Waals surface area contributed by atoms with Gasteiger partial charge in [0.1, 0.15) is 11.8 Å². The lowest BCUT2D eigenvalue weighted by molar-refractivity contribution is 0.0337. The van der Waals surface area contributed by atoms with E-state index < -0.39 is 5.97 Å². The second-order valence-corrected chi connectivity index (χ2v) is 3.82. The molecule has 1 fully saturated rings. The van der Waals surface area contributed by atoms with E-state index in [1.807, 2.05) is 0 Å². The summed E-state index contributed by atoms with van der Waals surface area (Å²) in [7, 11) is 0. The van der Waals surface area contributed by atoms with Crippen LogP contribution >= 0.6 is 24.0 Å². The summed E-state index contributed by atoms with van der Waals surface area (Å²) in [6.07, 6.45) is 2.30. The zero-order valence-corrected chi connectivity index (χ0v) is 10.1. The minimum absolute atomic E-state index is 0. The Hall–Kier alpha value is -0.840. The molecule has 0 bridgehead atoms. The smallest absolute Gasteiger partial charge is 0.357 e. The number of pyridine rings is 1. The van der Waals surface area contributed by atoms with Crippen LogP contribution in [-0.4, -0.2) is 30.1 Å². The average molecular weight is 263 g/mol. The topological polar surface area (TPSA) is 51.2 Å². The summed E-state index contributed by atoms with van der Waals surface area (Å²) in [4.78, 5) is 15.5. The summed E-state index contributed by atoms with van der Waals surface area (Å²) < 4.78 is 5.23. The van der Waals surface area contributed by atoms with E-state index in [4.69, 9.17) is 16.3 Å². The van der Waals surface area contributed by atoms with E-state index in [0.717, 1.165) is 13.0 Å². The number of carbonyl (C=O) groups is 1. The van der Waals surface area contributed by atoms with Crippen molar-refractivity contribution in [2.24, 2.45) is 0 Å². The van der Waals surface area contributed by atoms with Gasteiger partial charge in [0.25, 0.3) is 0 Å². The Bertz CT molecular complexity index is 368. The van der Waals surface area contributed by atoms with Gasteiger partial charge in [0, 0.05) is 17.8 Å². The SMILES string of the molecule is Cl.O=C(OC1CCNC1)c1cc(Cl)ccn1. The second kappa shape index (κ2) is 6.03. The molecule has 6 heteroatoms. The van der Waals surface area contributed by atoms with Crippen molar-refractivity contribution in [3.8, 4) is 0 Å². The van der Waals surface area contributed by atoms with Gasteiger partial charge in [-0.1, -0.05) is 11.6 Å². The molecular weight excluding hydrogens is 251 g/mol. The highest BCUT2D eigenvalue weighted by molar-refractivity contribution is 6.30. The number of nitrogens with one attached hydrogen (secondary N) is 1. The fourth-order valence-corrected chi connectivity index (χ4v) is 1.62. The molecule has 1 saturated heterocycles. The summed E-state index contributed by atoms with van der Waals surface area (Å²) in [5, 5.41) is 3.60. The molecule has 1 aliphatic rings. The predicted octanol–water partition coefficient (Wildman–Crippen LogP) is 1.68. The van der Waals surface area contributed by atoms with E-state index in [9.17, 15) is 4.79 Å². The fraction of sp³-hybridized carbons (Fsp3) is 0.400. The van der Waals surface area contributed by atoms with Crippen molar-refractivity contribution < 1.29 is 9.53 Å². The number of nitrogens with zero attached hydrogens (tertiary/aromatic N) is 1. The van der Waals surface area contributed by atoms with Crippen LogP contribution in [0, 0.1) is 0 Å². The molecular formula is C10H12Cl2N2O2. The Balaban J connectivity index is 0.00000128. The van der Waals surface area contributed by atoms with Crippen LogP contribution in [0.25, 0.3) is 0 Å². The first-order valence-electron chi connectivity index (χ1n) is 4.79. The lowest BCUT2D eigenvalue weighted by Crippen LogP contribution is -2.21. The number of ether oxygens (including phenoxy) is 1. The maximum atomic E-state index is 11.6. The number of esters is 1. The van der Waals surface area contributed by atoms with Gasteiger partial charge in [-0.3, -0.25) is 0 Å². The molecule has 1 aromatic rings. The summed E-state index contributed by atoms with van der Waals surface area (Å²) >= 11 is 5.75. The molecule has 0 amide bonds. The van der Waals surface area contributed by atoms with Gasteiger partial charge in [0.15, 0.2) is 0 Å². The van der Waals surface area contributed by atoms with Crippen molar-refractivity contribution in [3.63, 3.8) is 0 Å². The van der Waals surface area contributed by atoms with Crippen LogP contribution in [0.3, 0.4) is 0 Å². The van der Waals surface area contributed by atoms with Gasteiger partial charge in [-0.05, 0) is 25.1 Å². The molecule has 2 rings (SSSR count).